The topological polar surface area (TPSA) is 160 Å². The molecule has 2 aromatic carbocycles. The molecule has 5 aliphatic rings. The number of nitrogens with zero attached hydrogens (tertiary/aromatic N) is 2. The van der Waals surface area contributed by atoms with Crippen molar-refractivity contribution in [1.29, 1.82) is 0 Å². The van der Waals surface area contributed by atoms with Crippen LogP contribution in [0.25, 0.3) is 0 Å². The first-order chi connectivity index (χ1) is 25.3. The SMILES string of the molecule is CC(C)[C@H](NC(=O)Cc1cccc(C2(C(F)(F)F)N=N2)c1)C(=O)NC(Cc1ccccc1)C(=O)N[C@@H](C)C(=O)NCB1O[C@@H]2CC3CC(C3(C)C)[C@]2(C)O1. The van der Waals surface area contributed by atoms with E-state index in [9.17, 15) is 32.3 Å². The summed E-state index contributed by atoms with van der Waals surface area (Å²) >= 11 is 0. The van der Waals surface area contributed by atoms with Crippen LogP contribution in [0.1, 0.15) is 71.1 Å². The summed E-state index contributed by atoms with van der Waals surface area (Å²) in [6.07, 6.45) is -2.83. The highest BCUT2D eigenvalue weighted by molar-refractivity contribution is 6.46. The molecule has 2 aliphatic heterocycles. The Labute approximate surface area is 313 Å². The number of halogens is 3. The average molecular weight is 753 g/mol. The van der Waals surface area contributed by atoms with Gasteiger partial charge in [-0.1, -0.05) is 82.3 Å². The number of hydrogen-bond donors (Lipinski definition) is 4. The van der Waals surface area contributed by atoms with Crippen molar-refractivity contribution in [2.45, 2.75) is 109 Å². The maximum atomic E-state index is 13.7. The Bertz CT molecular complexity index is 1790. The van der Waals surface area contributed by atoms with E-state index in [1.807, 2.05) is 6.07 Å². The normalized spacial score (nSPS) is 26.1. The average Bonchev–Trinajstić information content (AvgIpc) is 3.86. The number of carbonyl (C=O) groups excluding carboxylic acids is 4. The number of nitrogens with one attached hydrogen (secondary N) is 4. The first-order valence-electron chi connectivity index (χ1n) is 18.5. The molecule has 4 N–H and O–H groups in total. The Kier molecular flexibility index (Phi) is 10.8. The number of amides is 4. The van der Waals surface area contributed by atoms with Crippen LogP contribution < -0.4 is 21.3 Å². The Hall–Kier alpha value is -4.31. The highest BCUT2D eigenvalue weighted by Crippen LogP contribution is 2.65. The summed E-state index contributed by atoms with van der Waals surface area (Å²) < 4.78 is 53.2. The smallest absolute Gasteiger partial charge is 0.404 e. The molecule has 0 spiro atoms. The molecular formula is C38H48BF3N6O6. The van der Waals surface area contributed by atoms with Gasteiger partial charge in [0.1, 0.15) is 18.1 Å². The van der Waals surface area contributed by atoms with E-state index in [-0.39, 0.29) is 41.9 Å². The highest BCUT2D eigenvalue weighted by atomic mass is 19.4. The molecule has 12 nitrogen and oxygen atoms in total. The monoisotopic (exact) mass is 752 g/mol. The lowest BCUT2D eigenvalue weighted by Gasteiger charge is -2.64. The molecule has 2 bridgehead atoms. The molecule has 3 saturated carbocycles. The van der Waals surface area contributed by atoms with Crippen molar-refractivity contribution in [3.8, 4) is 0 Å². The molecule has 2 heterocycles. The fourth-order valence-electron chi connectivity index (χ4n) is 8.36. The maximum absolute atomic E-state index is 13.7. The molecular weight excluding hydrogens is 704 g/mol. The Morgan fingerprint density at radius 3 is 2.20 bits per heavy atom. The second-order valence-electron chi connectivity index (χ2n) is 16.2. The molecule has 4 fully saturated rings. The number of alkyl halides is 3. The summed E-state index contributed by atoms with van der Waals surface area (Å²) in [4.78, 5) is 53.7. The quantitative estimate of drug-likeness (QED) is 0.212. The van der Waals surface area contributed by atoms with Gasteiger partial charge in [0.2, 0.25) is 23.6 Å². The predicted octanol–water partition coefficient (Wildman–Crippen LogP) is 4.17. The van der Waals surface area contributed by atoms with E-state index in [1.165, 1.54) is 31.2 Å². The van der Waals surface area contributed by atoms with Gasteiger partial charge in [-0.3, -0.25) is 19.2 Å². The zero-order valence-electron chi connectivity index (χ0n) is 31.3. The van der Waals surface area contributed by atoms with Gasteiger partial charge in [-0.15, -0.1) is 10.2 Å². The fourth-order valence-corrected chi connectivity index (χ4v) is 8.36. The van der Waals surface area contributed by atoms with Crippen LogP contribution in [0.15, 0.2) is 64.8 Å². The zero-order valence-corrected chi connectivity index (χ0v) is 31.3. The third-order valence-electron chi connectivity index (χ3n) is 11.8. The standard InChI is InChI=1S/C38H48BF3N6O6/c1-21(2)31(46-30(49)17-24-13-10-14-25(15-24)37(47-48-37)38(40,41)42)34(52)45-27(16-23-11-8-7-9-12-23)33(51)44-22(3)32(50)43-20-39-53-29-19-26-18-28(35(26,4)5)36(29,6)54-39/h7-15,21-22,26-29,31H,16-20H2,1-6H3,(H,43,50)(H,44,51)(H,45,52)(H,46,49)/t22-,26?,27?,28?,29+,31-,36-/m0/s1. The van der Waals surface area contributed by atoms with Crippen molar-refractivity contribution in [2.24, 2.45) is 33.4 Å². The van der Waals surface area contributed by atoms with Gasteiger partial charge in [0.25, 0.3) is 0 Å². The summed E-state index contributed by atoms with van der Waals surface area (Å²) in [5.41, 5.74) is -2.04. The van der Waals surface area contributed by atoms with Crippen LogP contribution in [0, 0.1) is 23.2 Å². The summed E-state index contributed by atoms with van der Waals surface area (Å²) in [5, 5.41) is 17.4. The predicted molar refractivity (Wildman–Crippen MR) is 192 cm³/mol. The van der Waals surface area contributed by atoms with Crippen molar-refractivity contribution in [3.05, 3.63) is 71.3 Å². The molecule has 290 valence electrons. The number of benzene rings is 2. The molecule has 2 aromatic rings. The lowest BCUT2D eigenvalue weighted by atomic mass is 9.43. The van der Waals surface area contributed by atoms with Gasteiger partial charge in [0.05, 0.1) is 24.6 Å². The largest absolute Gasteiger partial charge is 0.478 e. The Morgan fingerprint density at radius 2 is 1.57 bits per heavy atom. The third-order valence-corrected chi connectivity index (χ3v) is 11.8. The minimum absolute atomic E-state index is 0.0351. The molecule has 0 radical (unpaired) electrons. The molecule has 3 unspecified atom stereocenters. The van der Waals surface area contributed by atoms with Crippen LogP contribution in [0.3, 0.4) is 0 Å². The molecule has 54 heavy (non-hydrogen) atoms. The first-order valence-corrected chi connectivity index (χ1v) is 18.5. The van der Waals surface area contributed by atoms with Crippen molar-refractivity contribution >= 4 is 30.7 Å². The molecule has 1 saturated heterocycles. The molecule has 7 rings (SSSR count). The molecule has 0 aromatic heterocycles. The summed E-state index contributed by atoms with van der Waals surface area (Å²) in [6, 6.07) is 11.2. The van der Waals surface area contributed by atoms with Crippen molar-refractivity contribution < 1.29 is 41.7 Å². The van der Waals surface area contributed by atoms with Crippen LogP contribution >= 0.6 is 0 Å². The van der Waals surface area contributed by atoms with E-state index >= 15 is 0 Å². The summed E-state index contributed by atoms with van der Waals surface area (Å²) in [6.45, 7) is 11.6. The van der Waals surface area contributed by atoms with E-state index < -0.39 is 72.2 Å². The fraction of sp³-hybridized carbons (Fsp3) is 0.579. The minimum atomic E-state index is -4.71. The minimum Gasteiger partial charge on any atom is -0.404 e. The van der Waals surface area contributed by atoms with E-state index in [2.05, 4.69) is 52.3 Å². The van der Waals surface area contributed by atoms with Gasteiger partial charge in [-0.05, 0) is 61.0 Å². The van der Waals surface area contributed by atoms with Crippen molar-refractivity contribution in [1.82, 2.24) is 21.3 Å². The van der Waals surface area contributed by atoms with Crippen LogP contribution in [0.5, 0.6) is 0 Å². The van der Waals surface area contributed by atoms with E-state index in [0.29, 0.717) is 11.8 Å². The second-order valence-corrected chi connectivity index (χ2v) is 16.2. The zero-order chi connectivity index (χ0) is 39.2. The number of carbonyl (C=O) groups is 4. The summed E-state index contributed by atoms with van der Waals surface area (Å²) in [5.74, 6) is -1.77. The first kappa shape index (κ1) is 39.4. The molecule has 4 amide bonds. The Morgan fingerprint density at radius 1 is 0.889 bits per heavy atom. The van der Waals surface area contributed by atoms with E-state index in [0.717, 1.165) is 18.4 Å². The second kappa shape index (κ2) is 14.7. The maximum Gasteiger partial charge on any atom is 0.478 e. The molecule has 7 atom stereocenters. The van der Waals surface area contributed by atoms with Gasteiger partial charge >= 0.3 is 19.0 Å². The van der Waals surface area contributed by atoms with Gasteiger partial charge < -0.3 is 30.6 Å². The van der Waals surface area contributed by atoms with Gasteiger partial charge in [-0.25, -0.2) is 0 Å². The van der Waals surface area contributed by atoms with Crippen molar-refractivity contribution in [2.75, 3.05) is 6.44 Å². The van der Waals surface area contributed by atoms with Gasteiger partial charge in [0.15, 0.2) is 0 Å². The van der Waals surface area contributed by atoms with Crippen LogP contribution in [0.2, 0.25) is 0 Å². The lowest BCUT2D eigenvalue weighted by molar-refractivity contribution is -0.199. The number of hydrogen-bond acceptors (Lipinski definition) is 8. The summed E-state index contributed by atoms with van der Waals surface area (Å²) in [7, 11) is -0.611. The number of rotatable bonds is 14. The van der Waals surface area contributed by atoms with E-state index in [1.54, 1.807) is 38.1 Å². The molecule has 3 aliphatic carbocycles. The van der Waals surface area contributed by atoms with Crippen LogP contribution in [-0.2, 0) is 47.0 Å². The highest BCUT2D eigenvalue weighted by Gasteiger charge is 2.68. The lowest BCUT2D eigenvalue weighted by Crippen LogP contribution is -2.65. The van der Waals surface area contributed by atoms with Crippen LogP contribution in [-0.4, -0.2) is 73.2 Å². The third kappa shape index (κ3) is 7.77. The van der Waals surface area contributed by atoms with Gasteiger partial charge in [0, 0.05) is 12.0 Å². The molecule has 16 heteroatoms. The van der Waals surface area contributed by atoms with Crippen LogP contribution in [0.4, 0.5) is 13.2 Å². The van der Waals surface area contributed by atoms with E-state index in [4.69, 9.17) is 9.31 Å². The Balaban J connectivity index is 1.05. The van der Waals surface area contributed by atoms with Gasteiger partial charge in [-0.2, -0.15) is 13.2 Å². The van der Waals surface area contributed by atoms with Crippen molar-refractivity contribution in [3.63, 3.8) is 0 Å².